The van der Waals surface area contributed by atoms with E-state index in [4.69, 9.17) is 5.14 Å². The fraction of sp³-hybridized carbons (Fsp3) is 0.500. The number of aromatic nitrogens is 3. The Hall–Kier alpha value is -2.30. The molecule has 0 aliphatic heterocycles. The fourth-order valence-corrected chi connectivity index (χ4v) is 3.39. The Kier molecular flexibility index (Phi) is 6.91. The summed E-state index contributed by atoms with van der Waals surface area (Å²) in [6.07, 6.45) is 1.77. The lowest BCUT2D eigenvalue weighted by molar-refractivity contribution is -0.140. The van der Waals surface area contributed by atoms with Crippen molar-refractivity contribution in [2.24, 2.45) is 17.0 Å². The van der Waals surface area contributed by atoms with Crippen LogP contribution >= 0.6 is 0 Å². The third kappa shape index (κ3) is 5.37. The lowest BCUT2D eigenvalue weighted by Gasteiger charge is -2.25. The van der Waals surface area contributed by atoms with Crippen molar-refractivity contribution in [1.82, 2.24) is 20.3 Å². The van der Waals surface area contributed by atoms with Crippen LogP contribution in [0.1, 0.15) is 33.7 Å². The maximum Gasteiger partial charge on any atom is 0.320 e. The molecule has 1 unspecified atom stereocenters. The van der Waals surface area contributed by atoms with E-state index in [1.54, 1.807) is 23.0 Å². The predicted octanol–water partition coefficient (Wildman–Crippen LogP) is 1.49. The fourth-order valence-electron chi connectivity index (χ4n) is 2.88. The van der Waals surface area contributed by atoms with Crippen LogP contribution in [0.5, 0.6) is 0 Å². The van der Waals surface area contributed by atoms with Crippen molar-refractivity contribution in [1.29, 1.82) is 0 Å². The highest BCUT2D eigenvalue weighted by Crippen LogP contribution is 2.22. The summed E-state index contributed by atoms with van der Waals surface area (Å²) in [6.45, 7) is 8.20. The zero-order chi connectivity index (χ0) is 21.1. The Labute approximate surface area is 165 Å². The minimum Gasteiger partial charge on any atom is -0.480 e. The number of nitrogens with one attached hydrogen (secondary N) is 1. The number of aliphatic carboxylic acids is 1. The number of hydrogen-bond donors (Lipinski definition) is 3. The monoisotopic (exact) mass is 409 g/mol. The van der Waals surface area contributed by atoms with Gasteiger partial charge >= 0.3 is 5.97 Å². The average molecular weight is 410 g/mol. The van der Waals surface area contributed by atoms with Crippen molar-refractivity contribution in [3.63, 3.8) is 0 Å². The first kappa shape index (κ1) is 22.0. The predicted molar refractivity (Wildman–Crippen MR) is 105 cm³/mol. The van der Waals surface area contributed by atoms with Crippen LogP contribution in [-0.4, -0.2) is 47.1 Å². The second kappa shape index (κ2) is 8.80. The zero-order valence-corrected chi connectivity index (χ0v) is 17.2. The molecule has 0 bridgehead atoms. The van der Waals surface area contributed by atoms with Gasteiger partial charge in [-0.3, -0.25) is 4.79 Å². The first-order valence-corrected chi connectivity index (χ1v) is 10.6. The Morgan fingerprint density at radius 1 is 1.18 bits per heavy atom. The molecule has 1 heterocycles. The molecular weight excluding hydrogens is 382 g/mol. The molecule has 0 spiro atoms. The van der Waals surface area contributed by atoms with Gasteiger partial charge in [0, 0.05) is 12.1 Å². The van der Waals surface area contributed by atoms with Gasteiger partial charge in [0.2, 0.25) is 10.0 Å². The summed E-state index contributed by atoms with van der Waals surface area (Å²) in [5.74, 6) is -0.742. The molecule has 9 nitrogen and oxygen atoms in total. The zero-order valence-electron chi connectivity index (χ0n) is 16.4. The third-order valence-corrected chi connectivity index (χ3v) is 5.51. The standard InChI is InChI=1S/C18H27N5O4S/c1-11(2)16(9-20-17(12(3)4)18(24)25)23-10-15(21-22-23)13-5-7-14(8-6-13)28(19,26)27/h5-8,10-12,16-17,20H,9H2,1-4H3,(H,24,25)(H2,19,26,27)/t16-,17?/m1/s1. The Morgan fingerprint density at radius 2 is 1.79 bits per heavy atom. The van der Waals surface area contributed by atoms with E-state index in [-0.39, 0.29) is 22.8 Å². The summed E-state index contributed by atoms with van der Waals surface area (Å²) in [6, 6.07) is 5.35. The van der Waals surface area contributed by atoms with Crippen LogP contribution in [0.4, 0.5) is 0 Å². The maximum absolute atomic E-state index is 11.4. The van der Waals surface area contributed by atoms with Crippen molar-refractivity contribution in [3.8, 4) is 11.3 Å². The van der Waals surface area contributed by atoms with E-state index in [1.165, 1.54) is 12.1 Å². The number of carboxylic acid groups (broad SMARTS) is 1. The lowest BCUT2D eigenvalue weighted by Crippen LogP contribution is -2.44. The van der Waals surface area contributed by atoms with E-state index in [1.807, 2.05) is 27.7 Å². The Morgan fingerprint density at radius 3 is 2.25 bits per heavy atom. The van der Waals surface area contributed by atoms with E-state index >= 15 is 0 Å². The summed E-state index contributed by atoms with van der Waals surface area (Å²) >= 11 is 0. The first-order chi connectivity index (χ1) is 13.0. The summed E-state index contributed by atoms with van der Waals surface area (Å²) in [5.41, 5.74) is 1.30. The minimum atomic E-state index is -3.75. The molecule has 0 amide bonds. The van der Waals surface area contributed by atoms with Gasteiger partial charge in [0.25, 0.3) is 0 Å². The second-order valence-electron chi connectivity index (χ2n) is 7.43. The van der Waals surface area contributed by atoms with Crippen LogP contribution in [-0.2, 0) is 14.8 Å². The molecule has 0 fully saturated rings. The van der Waals surface area contributed by atoms with Crippen molar-refractivity contribution >= 4 is 16.0 Å². The molecular formula is C18H27N5O4S. The molecule has 0 radical (unpaired) electrons. The van der Waals surface area contributed by atoms with Crippen LogP contribution in [0.3, 0.4) is 0 Å². The molecule has 2 rings (SSSR count). The highest BCUT2D eigenvalue weighted by Gasteiger charge is 2.24. The van der Waals surface area contributed by atoms with E-state index < -0.39 is 22.0 Å². The number of rotatable bonds is 9. The largest absolute Gasteiger partial charge is 0.480 e. The van der Waals surface area contributed by atoms with Gasteiger partial charge in [-0.1, -0.05) is 45.0 Å². The number of sulfonamides is 1. The molecule has 4 N–H and O–H groups in total. The maximum atomic E-state index is 11.4. The van der Waals surface area contributed by atoms with Gasteiger partial charge in [0.05, 0.1) is 17.1 Å². The Balaban J connectivity index is 2.20. The molecule has 2 atom stereocenters. The van der Waals surface area contributed by atoms with Crippen molar-refractivity contribution in [3.05, 3.63) is 30.5 Å². The van der Waals surface area contributed by atoms with E-state index in [0.717, 1.165) is 0 Å². The van der Waals surface area contributed by atoms with Gasteiger partial charge in [-0.25, -0.2) is 18.2 Å². The molecule has 1 aromatic carbocycles. The second-order valence-corrected chi connectivity index (χ2v) is 8.99. The summed E-state index contributed by atoms with van der Waals surface area (Å²) in [7, 11) is -3.75. The molecule has 0 aliphatic carbocycles. The van der Waals surface area contributed by atoms with Crippen molar-refractivity contribution < 1.29 is 18.3 Å². The van der Waals surface area contributed by atoms with Crippen LogP contribution in [0.2, 0.25) is 0 Å². The quantitative estimate of drug-likeness (QED) is 0.570. The molecule has 10 heteroatoms. The smallest absolute Gasteiger partial charge is 0.320 e. The summed E-state index contributed by atoms with van der Waals surface area (Å²) in [4.78, 5) is 11.4. The molecule has 154 valence electrons. The highest BCUT2D eigenvalue weighted by atomic mass is 32.2. The van der Waals surface area contributed by atoms with Gasteiger partial charge in [-0.2, -0.15) is 0 Å². The van der Waals surface area contributed by atoms with Gasteiger partial charge in [-0.05, 0) is 24.0 Å². The number of hydrogen-bond acceptors (Lipinski definition) is 6. The number of carboxylic acids is 1. The Bertz CT molecular complexity index is 906. The van der Waals surface area contributed by atoms with E-state index in [0.29, 0.717) is 17.8 Å². The summed E-state index contributed by atoms with van der Waals surface area (Å²) in [5, 5.41) is 25.9. The lowest BCUT2D eigenvalue weighted by atomic mass is 10.0. The number of benzene rings is 1. The van der Waals surface area contributed by atoms with Crippen LogP contribution in [0, 0.1) is 11.8 Å². The van der Waals surface area contributed by atoms with Crippen molar-refractivity contribution in [2.75, 3.05) is 6.54 Å². The van der Waals surface area contributed by atoms with Gasteiger partial charge in [-0.15, -0.1) is 5.10 Å². The number of nitrogens with zero attached hydrogens (tertiary/aromatic N) is 3. The highest BCUT2D eigenvalue weighted by molar-refractivity contribution is 7.89. The van der Waals surface area contributed by atoms with Crippen LogP contribution < -0.4 is 10.5 Å². The summed E-state index contributed by atoms with van der Waals surface area (Å²) < 4.78 is 24.4. The molecule has 0 aliphatic rings. The molecule has 0 saturated carbocycles. The average Bonchev–Trinajstić information content (AvgIpc) is 3.06. The topological polar surface area (TPSA) is 140 Å². The van der Waals surface area contributed by atoms with Gasteiger partial charge < -0.3 is 10.4 Å². The first-order valence-electron chi connectivity index (χ1n) is 9.02. The van der Waals surface area contributed by atoms with Crippen LogP contribution in [0.15, 0.2) is 35.4 Å². The normalized spacial score (nSPS) is 14.4. The minimum absolute atomic E-state index is 0.0290. The van der Waals surface area contributed by atoms with Gasteiger partial charge in [0.15, 0.2) is 0 Å². The third-order valence-electron chi connectivity index (χ3n) is 4.58. The number of nitrogens with two attached hydrogens (primary N) is 1. The van der Waals surface area contributed by atoms with Crippen LogP contribution in [0.25, 0.3) is 11.3 Å². The number of carbonyl (C=O) groups is 1. The number of primary sulfonamides is 1. The van der Waals surface area contributed by atoms with Crippen molar-refractivity contribution in [2.45, 2.75) is 44.7 Å². The van der Waals surface area contributed by atoms with E-state index in [2.05, 4.69) is 15.6 Å². The van der Waals surface area contributed by atoms with E-state index in [9.17, 15) is 18.3 Å². The molecule has 28 heavy (non-hydrogen) atoms. The molecule has 0 saturated heterocycles. The SMILES string of the molecule is CC(C)C(NC[C@H](C(C)C)n1cc(-c2ccc(S(N)(=O)=O)cc2)nn1)C(=O)O. The molecule has 2 aromatic rings. The van der Waals surface area contributed by atoms with Gasteiger partial charge in [0.1, 0.15) is 11.7 Å². The molecule has 1 aromatic heterocycles.